The van der Waals surface area contributed by atoms with Crippen molar-refractivity contribution in [2.75, 3.05) is 4.90 Å². The number of aromatic nitrogens is 9. The van der Waals surface area contributed by atoms with Gasteiger partial charge in [0.05, 0.1) is 80.1 Å². The number of fused-ring (bicyclic) bond motifs is 5. The molecule has 7 heterocycles. The summed E-state index contributed by atoms with van der Waals surface area (Å²) in [4.78, 5) is 33.6. The summed E-state index contributed by atoms with van der Waals surface area (Å²) in [6.45, 7) is 0. The van der Waals surface area contributed by atoms with Crippen molar-refractivity contribution in [2.24, 2.45) is 0 Å². The third-order valence-electron chi connectivity index (χ3n) is 10.7. The molecule has 0 radical (unpaired) electrons. The van der Waals surface area contributed by atoms with Gasteiger partial charge in [-0.1, -0.05) is 48.2 Å². The van der Waals surface area contributed by atoms with Gasteiger partial charge in [0.1, 0.15) is 11.6 Å². The van der Waals surface area contributed by atoms with E-state index in [2.05, 4.69) is 131 Å². The third-order valence-corrected chi connectivity index (χ3v) is 11.8. The molecule has 0 saturated carbocycles. The lowest BCUT2D eigenvalue weighted by atomic mass is 10.1. The van der Waals surface area contributed by atoms with Crippen molar-refractivity contribution in [1.82, 2.24) is 43.6 Å². The van der Waals surface area contributed by atoms with Gasteiger partial charge < -0.3 is 0 Å². The molecule has 278 valence electrons. The minimum absolute atomic E-state index is 0.757. The van der Waals surface area contributed by atoms with Gasteiger partial charge in [-0.2, -0.15) is 0 Å². The first kappa shape index (κ1) is 33.3. The molecule has 12 rings (SSSR count). The average Bonchev–Trinajstić information content (AvgIpc) is 4.01. The maximum atomic E-state index is 5.34. The summed E-state index contributed by atoms with van der Waals surface area (Å²) in [6, 6.07) is 50.0. The van der Waals surface area contributed by atoms with Crippen molar-refractivity contribution in [3.8, 4) is 39.8 Å². The van der Waals surface area contributed by atoms with Gasteiger partial charge in [-0.05, 0) is 109 Å². The fraction of sp³-hybridized carbons (Fsp3) is 0. The Bertz CT molecular complexity index is 3210. The van der Waals surface area contributed by atoms with Crippen molar-refractivity contribution < 1.29 is 0 Å². The molecule has 11 heteroatoms. The molecule has 11 aromatic rings. The molecule has 0 fully saturated rings. The van der Waals surface area contributed by atoms with Crippen molar-refractivity contribution in [2.45, 2.75) is 9.79 Å². The second kappa shape index (κ2) is 13.4. The summed E-state index contributed by atoms with van der Waals surface area (Å²) in [6.07, 6.45) is 11.0. The number of hydrogen-bond acceptors (Lipinski definition) is 8. The Morgan fingerprint density at radius 1 is 0.390 bits per heavy atom. The molecule has 1 aliphatic heterocycles. The van der Waals surface area contributed by atoms with Crippen LogP contribution in [-0.2, 0) is 0 Å². The van der Waals surface area contributed by atoms with E-state index in [1.165, 1.54) is 0 Å². The van der Waals surface area contributed by atoms with Crippen LogP contribution in [0, 0.1) is 0 Å². The number of rotatable bonds is 6. The lowest BCUT2D eigenvalue weighted by Crippen LogP contribution is -2.19. The number of benzene rings is 5. The van der Waals surface area contributed by atoms with Crippen LogP contribution in [0.5, 0.6) is 0 Å². The summed E-state index contributed by atoms with van der Waals surface area (Å²) in [5, 5.41) is 0. The van der Waals surface area contributed by atoms with Crippen LogP contribution in [0.2, 0.25) is 0 Å². The lowest BCUT2D eigenvalue weighted by Gasteiger charge is -2.33. The molecule has 0 bridgehead atoms. The largest absolute Gasteiger partial charge is 0.291 e. The second-order valence-electron chi connectivity index (χ2n) is 14.2. The van der Waals surface area contributed by atoms with Crippen LogP contribution in [-0.4, -0.2) is 43.6 Å². The maximum absolute atomic E-state index is 5.34. The maximum Gasteiger partial charge on any atom is 0.220 e. The van der Waals surface area contributed by atoms with Crippen LogP contribution in [0.15, 0.2) is 193 Å². The van der Waals surface area contributed by atoms with E-state index in [0.29, 0.717) is 0 Å². The highest BCUT2D eigenvalue weighted by molar-refractivity contribution is 7.99. The number of imidazole rings is 3. The number of pyridine rings is 3. The highest BCUT2D eigenvalue weighted by atomic mass is 32.2. The topological polar surface area (TPSA) is 95.4 Å². The minimum atomic E-state index is 0.757. The molecule has 0 atom stereocenters. The van der Waals surface area contributed by atoms with Gasteiger partial charge in [0.25, 0.3) is 0 Å². The predicted octanol–water partition coefficient (Wildman–Crippen LogP) is 11.2. The molecule has 0 aliphatic carbocycles. The average molecular weight is 779 g/mol. The molecule has 5 aromatic carbocycles. The fourth-order valence-corrected chi connectivity index (χ4v) is 9.28. The Hall–Kier alpha value is -7.89. The van der Waals surface area contributed by atoms with E-state index in [4.69, 9.17) is 15.0 Å². The van der Waals surface area contributed by atoms with Crippen LogP contribution < -0.4 is 4.90 Å². The first-order valence-electron chi connectivity index (χ1n) is 19.2. The van der Waals surface area contributed by atoms with Gasteiger partial charge in [0, 0.05) is 39.5 Å². The van der Waals surface area contributed by atoms with E-state index in [1.54, 1.807) is 30.4 Å². The first-order valence-corrected chi connectivity index (χ1v) is 20.0. The normalized spacial score (nSPS) is 12.3. The van der Waals surface area contributed by atoms with Crippen LogP contribution in [0.4, 0.5) is 17.3 Å². The highest BCUT2D eigenvalue weighted by Gasteiger charge is 2.31. The van der Waals surface area contributed by atoms with Crippen LogP contribution in [0.1, 0.15) is 0 Å². The Morgan fingerprint density at radius 2 is 0.814 bits per heavy atom. The number of hydrogen-bond donors (Lipinski definition) is 0. The molecular weight excluding hydrogens is 749 g/mol. The molecule has 0 N–H and O–H groups in total. The molecule has 59 heavy (non-hydrogen) atoms. The van der Waals surface area contributed by atoms with Crippen LogP contribution in [0.3, 0.4) is 0 Å². The van der Waals surface area contributed by atoms with Gasteiger partial charge in [-0.25, -0.2) is 15.0 Å². The summed E-state index contributed by atoms with van der Waals surface area (Å²) in [5.41, 5.74) is 12.5. The standard InChI is InChI=1S/C48H30N10S/c1-4-16-39-36(13-1)52-46(55(39)33-10-7-23-49-28-33)31-19-21-42-44(26-31)59-45-27-32(47-53-37-14-2-5-17-40(37)56(47)34-11-8-24-50-29-34)20-22-43(45)58(42)48-54-38-15-3-6-18-41(38)57(48)35-12-9-25-51-30-35/h1-30H. The smallest absolute Gasteiger partial charge is 0.220 e. The molecule has 0 spiro atoms. The summed E-state index contributed by atoms with van der Waals surface area (Å²) in [7, 11) is 0. The Balaban J connectivity index is 1.09. The van der Waals surface area contributed by atoms with Crippen LogP contribution in [0.25, 0.3) is 72.9 Å². The van der Waals surface area contributed by atoms with Gasteiger partial charge in [0.15, 0.2) is 0 Å². The van der Waals surface area contributed by atoms with Crippen molar-refractivity contribution >= 4 is 62.2 Å². The van der Waals surface area contributed by atoms with Gasteiger partial charge in [-0.15, -0.1) is 0 Å². The number of nitrogens with zero attached hydrogens (tertiary/aromatic N) is 10. The Morgan fingerprint density at radius 3 is 1.27 bits per heavy atom. The minimum Gasteiger partial charge on any atom is -0.291 e. The van der Waals surface area contributed by atoms with E-state index in [1.807, 2.05) is 67.1 Å². The van der Waals surface area contributed by atoms with Crippen molar-refractivity contribution in [1.29, 1.82) is 0 Å². The SMILES string of the molecule is c1cncc(-n2c(-c3ccc4c(c3)Sc3cc(-c5nc6ccccc6n5-c5cccnc5)ccc3N4c3nc4ccccc4n3-c3cccnc3)nc3ccccc32)c1. The monoisotopic (exact) mass is 778 g/mol. The Kier molecular flexibility index (Phi) is 7.53. The quantitative estimate of drug-likeness (QED) is 0.165. The van der Waals surface area contributed by atoms with E-state index in [0.717, 1.165) is 100 Å². The summed E-state index contributed by atoms with van der Waals surface area (Å²) in [5.74, 6) is 2.43. The lowest BCUT2D eigenvalue weighted by molar-refractivity contribution is 1.00. The molecule has 0 amide bonds. The van der Waals surface area contributed by atoms with E-state index >= 15 is 0 Å². The summed E-state index contributed by atoms with van der Waals surface area (Å²) < 4.78 is 6.57. The van der Waals surface area contributed by atoms with Gasteiger partial charge in [-0.3, -0.25) is 33.6 Å². The zero-order valence-electron chi connectivity index (χ0n) is 31.2. The van der Waals surface area contributed by atoms with E-state index < -0.39 is 0 Å². The van der Waals surface area contributed by atoms with Gasteiger partial charge in [0.2, 0.25) is 5.95 Å². The molecule has 0 saturated heterocycles. The molecule has 0 unspecified atom stereocenters. The number of anilines is 3. The highest BCUT2D eigenvalue weighted by Crippen LogP contribution is 2.53. The third kappa shape index (κ3) is 5.36. The van der Waals surface area contributed by atoms with Crippen molar-refractivity contribution in [3.05, 3.63) is 183 Å². The Labute approximate surface area is 341 Å². The fourth-order valence-electron chi connectivity index (χ4n) is 8.14. The predicted molar refractivity (Wildman–Crippen MR) is 233 cm³/mol. The van der Waals surface area contributed by atoms with E-state index in [-0.39, 0.29) is 0 Å². The molecular formula is C48H30N10S. The van der Waals surface area contributed by atoms with Crippen LogP contribution >= 0.6 is 11.8 Å². The summed E-state index contributed by atoms with van der Waals surface area (Å²) >= 11 is 1.73. The first-order chi connectivity index (χ1) is 29.3. The zero-order valence-corrected chi connectivity index (χ0v) is 32.0. The van der Waals surface area contributed by atoms with Crippen molar-refractivity contribution in [3.63, 3.8) is 0 Å². The zero-order chi connectivity index (χ0) is 38.9. The van der Waals surface area contributed by atoms with E-state index in [9.17, 15) is 0 Å². The van der Waals surface area contributed by atoms with Gasteiger partial charge >= 0.3 is 0 Å². The second-order valence-corrected chi connectivity index (χ2v) is 15.3. The molecule has 1 aliphatic rings. The number of para-hydroxylation sites is 6. The molecule has 6 aromatic heterocycles. The molecule has 10 nitrogen and oxygen atoms in total.